The Morgan fingerprint density at radius 1 is 0.881 bits per heavy atom. The second kappa shape index (κ2) is 20.0. The van der Waals surface area contributed by atoms with Gasteiger partial charge in [0.05, 0.1) is 18.6 Å². The number of Topliss-reactive ketones (excluding diaryl/α,β-unsaturated/α-hetero) is 1. The molecule has 8 rings (SSSR count). The van der Waals surface area contributed by atoms with Crippen molar-refractivity contribution in [2.75, 3.05) is 19.6 Å². The first-order valence-electron chi connectivity index (χ1n) is 23.5. The number of ether oxygens (including phenoxy) is 1. The van der Waals surface area contributed by atoms with Crippen LogP contribution in [0.25, 0.3) is 22.0 Å². The van der Waals surface area contributed by atoms with Gasteiger partial charge in [-0.3, -0.25) is 19.2 Å². The first-order chi connectivity index (χ1) is 32.1. The number of amides is 4. The van der Waals surface area contributed by atoms with E-state index in [2.05, 4.69) is 28.7 Å². The van der Waals surface area contributed by atoms with Crippen LogP contribution in [0.2, 0.25) is 0 Å². The molecule has 4 amide bonds. The van der Waals surface area contributed by atoms with Crippen LogP contribution < -0.4 is 5.32 Å². The minimum Gasteiger partial charge on any atom is -0.508 e. The summed E-state index contributed by atoms with van der Waals surface area (Å²) in [7, 11) is 1.98. The molecule has 1 saturated carbocycles. The minimum absolute atomic E-state index is 0.0493. The lowest BCUT2D eigenvalue weighted by atomic mass is 9.82. The van der Waals surface area contributed by atoms with E-state index in [1.165, 1.54) is 0 Å². The molecule has 3 heterocycles. The minimum atomic E-state index is -0.897. The molecular formula is C54H62N6O7. The average molecular weight is 907 g/mol. The number of hydrazine groups is 1. The summed E-state index contributed by atoms with van der Waals surface area (Å²) < 4.78 is 7.49. The number of rotatable bonds is 14. The number of hydrogen-bond acceptors (Lipinski definition) is 8. The van der Waals surface area contributed by atoms with E-state index in [1.54, 1.807) is 50.2 Å². The summed E-state index contributed by atoms with van der Waals surface area (Å²) in [6, 6.07) is 29.5. The maximum absolute atomic E-state index is 14.8. The Hall–Kier alpha value is -6.73. The summed E-state index contributed by atoms with van der Waals surface area (Å²) >= 11 is 0. The predicted octanol–water partition coefficient (Wildman–Crippen LogP) is 8.19. The van der Waals surface area contributed by atoms with E-state index in [9.17, 15) is 29.1 Å². The van der Waals surface area contributed by atoms with Crippen LogP contribution in [0, 0.1) is 5.92 Å². The summed E-state index contributed by atoms with van der Waals surface area (Å²) in [6.45, 7) is 10.0. The number of ketones is 1. The van der Waals surface area contributed by atoms with Gasteiger partial charge in [0, 0.05) is 68.2 Å². The summed E-state index contributed by atoms with van der Waals surface area (Å²) in [4.78, 5) is 72.6. The Balaban J connectivity index is 1.02. The lowest BCUT2D eigenvalue weighted by Gasteiger charge is -2.55. The molecule has 0 radical (unpaired) electrons. The number of aromatic nitrogens is 1. The van der Waals surface area contributed by atoms with Crippen LogP contribution >= 0.6 is 0 Å². The van der Waals surface area contributed by atoms with Gasteiger partial charge in [-0.25, -0.2) is 14.8 Å². The summed E-state index contributed by atoms with van der Waals surface area (Å²) in [6.07, 6.45) is 7.34. The first kappa shape index (κ1) is 46.8. The number of phenols is 1. The molecule has 2 N–H and O–H groups in total. The van der Waals surface area contributed by atoms with Crippen molar-refractivity contribution in [2.45, 2.75) is 103 Å². The Bertz CT molecular complexity index is 2610. The third-order valence-electron chi connectivity index (χ3n) is 13.3. The van der Waals surface area contributed by atoms with Gasteiger partial charge in [-0.15, -0.1) is 6.58 Å². The highest BCUT2D eigenvalue weighted by molar-refractivity contribution is 6.00. The zero-order chi connectivity index (χ0) is 47.4. The van der Waals surface area contributed by atoms with Gasteiger partial charge in [0.2, 0.25) is 17.7 Å². The number of phenolic OH excluding ortho intramolecular Hbond substituents is 1. The van der Waals surface area contributed by atoms with Crippen molar-refractivity contribution in [3.05, 3.63) is 138 Å². The van der Waals surface area contributed by atoms with Crippen LogP contribution in [0.1, 0.15) is 86.3 Å². The molecule has 13 heteroatoms. The fraction of sp³-hybridized carbons (Fsp3) is 0.389. The number of carbonyl (C=O) groups is 5. The first-order valence-corrected chi connectivity index (χ1v) is 23.5. The van der Waals surface area contributed by atoms with Gasteiger partial charge >= 0.3 is 6.09 Å². The number of carbonyl (C=O) groups excluding carboxylic acids is 5. The predicted molar refractivity (Wildman–Crippen MR) is 257 cm³/mol. The highest BCUT2D eigenvalue weighted by atomic mass is 16.6. The smallest absolute Gasteiger partial charge is 0.407 e. The summed E-state index contributed by atoms with van der Waals surface area (Å²) in [5, 5.41) is 17.5. The molecule has 2 saturated heterocycles. The number of aromatic hydroxyl groups is 1. The molecule has 3 fully saturated rings. The van der Waals surface area contributed by atoms with Gasteiger partial charge in [-0.2, -0.15) is 0 Å². The lowest BCUT2D eigenvalue weighted by Crippen LogP contribution is -2.75. The zero-order valence-corrected chi connectivity index (χ0v) is 39.0. The number of benzene rings is 4. The standard InChI is InChI=1S/C54H62N6O7/c1-6-29-58-35-50(64)59-46(30-37-17-26-43(61)27-18-37)52(65)57(34-48(59)60(58)49(63)28-19-36-11-8-7-9-12-36)32-41-13-10-14-44-45(33-56(5)51(41)44)39-20-22-40(23-21-39)47(62)31-38-15-24-42(25-16-38)55-53(66)67-54(2,3)4/h6-14,17-18,20-23,26-27,33,38,42,46,48,61H,1,15-16,19,24-25,28-32,34-35H2,2-5H3,(H,55,66)/t38?,42?,46-,48-/m0/s1. The Morgan fingerprint density at radius 2 is 1.60 bits per heavy atom. The van der Waals surface area contributed by atoms with Gasteiger partial charge in [-0.05, 0) is 93.2 Å². The van der Waals surface area contributed by atoms with E-state index >= 15 is 0 Å². The van der Waals surface area contributed by atoms with Crippen molar-refractivity contribution in [3.8, 4) is 16.9 Å². The van der Waals surface area contributed by atoms with Crippen molar-refractivity contribution in [1.29, 1.82) is 0 Å². The molecule has 13 nitrogen and oxygen atoms in total. The van der Waals surface area contributed by atoms with Crippen LogP contribution in [-0.2, 0) is 45.6 Å². The van der Waals surface area contributed by atoms with Crippen molar-refractivity contribution in [3.63, 3.8) is 0 Å². The van der Waals surface area contributed by atoms with Gasteiger partial charge in [0.25, 0.3) is 0 Å². The number of para-hydroxylation sites is 1. The molecule has 67 heavy (non-hydrogen) atoms. The van der Waals surface area contributed by atoms with Crippen molar-refractivity contribution in [2.24, 2.45) is 13.0 Å². The van der Waals surface area contributed by atoms with E-state index < -0.39 is 23.9 Å². The van der Waals surface area contributed by atoms with Crippen LogP contribution in [-0.4, -0.2) is 103 Å². The quantitative estimate of drug-likeness (QED) is 0.0839. The van der Waals surface area contributed by atoms with Crippen molar-refractivity contribution >= 4 is 40.5 Å². The monoisotopic (exact) mass is 906 g/mol. The Labute approximate surface area is 392 Å². The molecule has 2 aliphatic heterocycles. The largest absolute Gasteiger partial charge is 0.508 e. The number of nitrogens with one attached hydrogen (secondary N) is 1. The van der Waals surface area contributed by atoms with Crippen LogP contribution in [0.3, 0.4) is 0 Å². The molecule has 0 spiro atoms. The van der Waals surface area contributed by atoms with Crippen LogP contribution in [0.5, 0.6) is 5.75 Å². The van der Waals surface area contributed by atoms with E-state index in [-0.39, 0.29) is 80.2 Å². The molecular weight excluding hydrogens is 845 g/mol. The van der Waals surface area contributed by atoms with Gasteiger partial charge in [0.1, 0.15) is 23.6 Å². The Kier molecular flexibility index (Phi) is 14.0. The fourth-order valence-electron chi connectivity index (χ4n) is 10.1. The lowest BCUT2D eigenvalue weighted by molar-refractivity contribution is -0.205. The normalized spacial score (nSPS) is 20.1. The third-order valence-corrected chi connectivity index (χ3v) is 13.3. The van der Waals surface area contributed by atoms with Gasteiger partial charge < -0.3 is 29.5 Å². The maximum Gasteiger partial charge on any atom is 0.407 e. The SMILES string of the molecule is C=CCN1CC(=O)N2[C@@H](Cc3ccc(O)cc3)C(=O)N(Cc3cccc4c(-c5ccc(C(=O)CC6CCC(NC(=O)OC(C)(C)C)CC6)cc5)cn(C)c34)C[C@@H]2N1C(=O)CCc1ccccc1. The highest BCUT2D eigenvalue weighted by Crippen LogP contribution is 2.36. The average Bonchev–Trinajstić information content (AvgIpc) is 3.64. The van der Waals surface area contributed by atoms with Crippen LogP contribution in [0.15, 0.2) is 116 Å². The molecule has 0 unspecified atom stereocenters. The van der Waals surface area contributed by atoms with E-state index in [0.717, 1.165) is 64.4 Å². The maximum atomic E-state index is 14.8. The molecule has 1 aromatic heterocycles. The van der Waals surface area contributed by atoms with E-state index in [1.807, 2.05) is 94.5 Å². The number of aryl methyl sites for hydroxylation is 2. The topological polar surface area (TPSA) is 145 Å². The Morgan fingerprint density at radius 3 is 2.28 bits per heavy atom. The molecule has 2 atom stereocenters. The number of alkyl carbamates (subject to hydrolysis) is 1. The van der Waals surface area contributed by atoms with E-state index in [0.29, 0.717) is 18.4 Å². The third kappa shape index (κ3) is 10.8. The number of nitrogens with zero attached hydrogens (tertiary/aromatic N) is 5. The molecule has 3 aliphatic rings. The number of hydrogen-bond donors (Lipinski definition) is 2. The van der Waals surface area contributed by atoms with Crippen LogP contribution in [0.4, 0.5) is 4.79 Å². The second-order valence-electron chi connectivity index (χ2n) is 19.3. The fourth-order valence-corrected chi connectivity index (χ4v) is 10.1. The molecule has 350 valence electrons. The van der Waals surface area contributed by atoms with E-state index in [4.69, 9.17) is 4.74 Å². The number of piperazine rings is 1. The molecule has 1 aliphatic carbocycles. The van der Waals surface area contributed by atoms with Crippen molar-refractivity contribution in [1.82, 2.24) is 29.7 Å². The van der Waals surface area contributed by atoms with Crippen molar-refractivity contribution < 1.29 is 33.8 Å². The summed E-state index contributed by atoms with van der Waals surface area (Å²) in [5.41, 5.74) is 5.72. The molecule has 4 aromatic carbocycles. The van der Waals surface area contributed by atoms with Gasteiger partial charge in [-0.1, -0.05) is 91.0 Å². The number of fused-ring (bicyclic) bond motifs is 2. The zero-order valence-electron chi connectivity index (χ0n) is 39.0. The second-order valence-corrected chi connectivity index (χ2v) is 19.3. The summed E-state index contributed by atoms with van der Waals surface area (Å²) in [5.74, 6) is -0.148. The van der Waals surface area contributed by atoms with Gasteiger partial charge in [0.15, 0.2) is 5.78 Å². The molecule has 0 bridgehead atoms. The molecule has 5 aromatic rings. The highest BCUT2D eigenvalue weighted by Gasteiger charge is 2.51.